The molecular formula is C12H26N2O2. The Morgan fingerprint density at radius 3 is 2.94 bits per heavy atom. The highest BCUT2D eigenvalue weighted by molar-refractivity contribution is 4.82. The molecule has 16 heavy (non-hydrogen) atoms. The first-order chi connectivity index (χ1) is 7.81. The molecule has 0 aliphatic carbocycles. The van der Waals surface area contributed by atoms with Gasteiger partial charge in [-0.3, -0.25) is 4.90 Å². The Kier molecular flexibility index (Phi) is 6.96. The highest BCUT2D eigenvalue weighted by atomic mass is 16.5. The summed E-state index contributed by atoms with van der Waals surface area (Å²) >= 11 is 0. The van der Waals surface area contributed by atoms with E-state index in [1.54, 1.807) is 7.11 Å². The van der Waals surface area contributed by atoms with Crippen LogP contribution in [0.5, 0.6) is 0 Å². The first-order valence-electron chi connectivity index (χ1n) is 6.38. The van der Waals surface area contributed by atoms with Crippen LogP contribution >= 0.6 is 0 Å². The smallest absolute Gasteiger partial charge is 0.0877 e. The van der Waals surface area contributed by atoms with Gasteiger partial charge in [-0.2, -0.15) is 0 Å². The van der Waals surface area contributed by atoms with E-state index in [0.29, 0.717) is 6.04 Å². The Hall–Kier alpha value is -0.160. The molecule has 0 amide bonds. The summed E-state index contributed by atoms with van der Waals surface area (Å²) in [5.74, 6) is 0. The molecule has 1 aliphatic rings. The van der Waals surface area contributed by atoms with Gasteiger partial charge in [0, 0.05) is 20.2 Å². The second kappa shape index (κ2) is 8.01. The zero-order valence-electron chi connectivity index (χ0n) is 10.9. The molecule has 0 aromatic rings. The summed E-state index contributed by atoms with van der Waals surface area (Å²) in [6.45, 7) is 10.1. The fourth-order valence-electron chi connectivity index (χ4n) is 2.23. The van der Waals surface area contributed by atoms with Gasteiger partial charge in [0.1, 0.15) is 0 Å². The van der Waals surface area contributed by atoms with E-state index in [2.05, 4.69) is 24.1 Å². The summed E-state index contributed by atoms with van der Waals surface area (Å²) in [7, 11) is 1.75. The van der Waals surface area contributed by atoms with Gasteiger partial charge < -0.3 is 14.8 Å². The molecule has 0 bridgehead atoms. The number of likely N-dealkylation sites (N-methyl/N-ethyl adjacent to an activating group) is 1. The van der Waals surface area contributed by atoms with E-state index in [1.807, 2.05) is 0 Å². The third kappa shape index (κ3) is 4.37. The van der Waals surface area contributed by atoms with Crippen LogP contribution in [0.2, 0.25) is 0 Å². The van der Waals surface area contributed by atoms with Crippen LogP contribution in [0.25, 0.3) is 0 Å². The number of nitrogens with one attached hydrogen (secondary N) is 1. The normalized spacial score (nSPS) is 24.6. The van der Waals surface area contributed by atoms with Crippen LogP contribution in [0, 0.1) is 0 Å². The van der Waals surface area contributed by atoms with Crippen LogP contribution in [-0.2, 0) is 9.47 Å². The van der Waals surface area contributed by atoms with Gasteiger partial charge in [-0.1, -0.05) is 13.8 Å². The van der Waals surface area contributed by atoms with Gasteiger partial charge in [0.2, 0.25) is 0 Å². The number of methoxy groups -OCH3 is 1. The maximum atomic E-state index is 5.84. The molecule has 0 saturated carbocycles. The highest BCUT2D eigenvalue weighted by Crippen LogP contribution is 2.10. The van der Waals surface area contributed by atoms with E-state index in [9.17, 15) is 0 Å². The molecule has 1 fully saturated rings. The lowest BCUT2D eigenvalue weighted by atomic mass is 10.1. The Balaban J connectivity index is 2.42. The van der Waals surface area contributed by atoms with Crippen molar-refractivity contribution in [1.29, 1.82) is 0 Å². The second-order valence-electron chi connectivity index (χ2n) is 4.33. The van der Waals surface area contributed by atoms with Crippen LogP contribution in [0.4, 0.5) is 0 Å². The maximum Gasteiger partial charge on any atom is 0.0877 e. The molecule has 0 aromatic carbocycles. The number of hydrogen-bond donors (Lipinski definition) is 1. The van der Waals surface area contributed by atoms with Gasteiger partial charge in [-0.05, 0) is 19.5 Å². The summed E-state index contributed by atoms with van der Waals surface area (Å²) in [4.78, 5) is 2.48. The molecule has 1 heterocycles. The summed E-state index contributed by atoms with van der Waals surface area (Å²) in [6, 6.07) is 0.314. The number of rotatable bonds is 7. The van der Waals surface area contributed by atoms with Crippen molar-refractivity contribution in [3.8, 4) is 0 Å². The van der Waals surface area contributed by atoms with Crippen LogP contribution in [0.3, 0.4) is 0 Å². The minimum atomic E-state index is 0.264. The summed E-state index contributed by atoms with van der Waals surface area (Å²) < 4.78 is 11.1. The summed E-state index contributed by atoms with van der Waals surface area (Å²) in [5, 5.41) is 3.44. The molecule has 2 unspecified atom stereocenters. The van der Waals surface area contributed by atoms with Crippen LogP contribution in [-0.4, -0.2) is 63.5 Å². The zero-order chi connectivity index (χ0) is 11.8. The van der Waals surface area contributed by atoms with Gasteiger partial charge in [0.25, 0.3) is 0 Å². The molecule has 2 atom stereocenters. The molecule has 0 radical (unpaired) electrons. The minimum absolute atomic E-state index is 0.264. The second-order valence-corrected chi connectivity index (χ2v) is 4.33. The summed E-state index contributed by atoms with van der Waals surface area (Å²) in [6.07, 6.45) is 1.48. The lowest BCUT2D eigenvalue weighted by molar-refractivity contribution is -0.0576. The summed E-state index contributed by atoms with van der Waals surface area (Å²) in [5.41, 5.74) is 0. The van der Waals surface area contributed by atoms with Gasteiger partial charge in [0.05, 0.1) is 25.4 Å². The van der Waals surface area contributed by atoms with Crippen LogP contribution in [0.15, 0.2) is 0 Å². The number of morpholine rings is 1. The maximum absolute atomic E-state index is 5.84. The highest BCUT2D eigenvalue weighted by Gasteiger charge is 2.27. The van der Waals surface area contributed by atoms with Crippen LogP contribution in [0.1, 0.15) is 20.3 Å². The molecule has 96 valence electrons. The molecular weight excluding hydrogens is 204 g/mol. The Morgan fingerprint density at radius 1 is 1.50 bits per heavy atom. The molecule has 1 saturated heterocycles. The van der Waals surface area contributed by atoms with Crippen molar-refractivity contribution in [2.45, 2.75) is 32.4 Å². The van der Waals surface area contributed by atoms with Crippen molar-refractivity contribution in [3.63, 3.8) is 0 Å². The van der Waals surface area contributed by atoms with Crippen molar-refractivity contribution >= 4 is 0 Å². The number of ether oxygens (including phenoxy) is 2. The minimum Gasteiger partial charge on any atom is -0.383 e. The fourth-order valence-corrected chi connectivity index (χ4v) is 2.23. The first-order valence-corrected chi connectivity index (χ1v) is 6.38. The van der Waals surface area contributed by atoms with Gasteiger partial charge >= 0.3 is 0 Å². The van der Waals surface area contributed by atoms with E-state index in [-0.39, 0.29) is 6.10 Å². The van der Waals surface area contributed by atoms with E-state index in [1.165, 1.54) is 13.0 Å². The SMILES string of the molecule is CCCN1CCOC(C(COC)NCC)C1. The number of nitrogens with zero attached hydrogens (tertiary/aromatic N) is 1. The van der Waals surface area contributed by atoms with E-state index >= 15 is 0 Å². The molecule has 0 aromatic heterocycles. The van der Waals surface area contributed by atoms with E-state index < -0.39 is 0 Å². The molecule has 0 spiro atoms. The average Bonchev–Trinajstić information content (AvgIpc) is 2.30. The molecule has 4 heteroatoms. The van der Waals surface area contributed by atoms with E-state index in [0.717, 1.165) is 32.8 Å². The Bertz CT molecular complexity index is 170. The molecule has 4 nitrogen and oxygen atoms in total. The van der Waals surface area contributed by atoms with Gasteiger partial charge in [-0.15, -0.1) is 0 Å². The predicted molar refractivity (Wildman–Crippen MR) is 65.8 cm³/mol. The molecule has 1 aliphatic heterocycles. The zero-order valence-corrected chi connectivity index (χ0v) is 10.9. The molecule has 1 rings (SSSR count). The van der Waals surface area contributed by atoms with Crippen molar-refractivity contribution in [3.05, 3.63) is 0 Å². The lowest BCUT2D eigenvalue weighted by Crippen LogP contribution is -2.54. The largest absolute Gasteiger partial charge is 0.383 e. The third-order valence-corrected chi connectivity index (χ3v) is 2.98. The number of hydrogen-bond acceptors (Lipinski definition) is 4. The first kappa shape index (κ1) is 13.9. The Labute approximate surface area is 99.3 Å². The monoisotopic (exact) mass is 230 g/mol. The standard InChI is InChI=1S/C12H26N2O2/c1-4-6-14-7-8-16-12(9-14)11(10-15-3)13-5-2/h11-13H,4-10H2,1-3H3. The predicted octanol–water partition coefficient (Wildman–Crippen LogP) is 0.722. The van der Waals surface area contributed by atoms with Gasteiger partial charge in [0.15, 0.2) is 0 Å². The van der Waals surface area contributed by atoms with Gasteiger partial charge in [-0.25, -0.2) is 0 Å². The lowest BCUT2D eigenvalue weighted by Gasteiger charge is -2.37. The van der Waals surface area contributed by atoms with Crippen LogP contribution < -0.4 is 5.32 Å². The van der Waals surface area contributed by atoms with Crippen molar-refractivity contribution in [1.82, 2.24) is 10.2 Å². The third-order valence-electron chi connectivity index (χ3n) is 2.98. The topological polar surface area (TPSA) is 33.7 Å². The molecule has 1 N–H and O–H groups in total. The van der Waals surface area contributed by atoms with Crippen molar-refractivity contribution in [2.24, 2.45) is 0 Å². The van der Waals surface area contributed by atoms with E-state index in [4.69, 9.17) is 9.47 Å². The quantitative estimate of drug-likeness (QED) is 0.699. The fraction of sp³-hybridized carbons (Fsp3) is 1.00. The average molecular weight is 230 g/mol. The Morgan fingerprint density at radius 2 is 2.31 bits per heavy atom. The van der Waals surface area contributed by atoms with Crippen molar-refractivity contribution < 1.29 is 9.47 Å². The van der Waals surface area contributed by atoms with Crippen molar-refractivity contribution in [2.75, 3.05) is 46.5 Å².